The van der Waals surface area contributed by atoms with Crippen molar-refractivity contribution in [3.63, 3.8) is 0 Å². The summed E-state index contributed by atoms with van der Waals surface area (Å²) in [5.41, 5.74) is 0. The van der Waals surface area contributed by atoms with Gasteiger partial charge in [0.25, 0.3) is 0 Å². The van der Waals surface area contributed by atoms with Crippen molar-refractivity contribution in [2.24, 2.45) is 0 Å². The van der Waals surface area contributed by atoms with Crippen LogP contribution in [0.3, 0.4) is 0 Å². The fourth-order valence-electron chi connectivity index (χ4n) is 0.920. The molecule has 0 unspecified atom stereocenters. The van der Waals surface area contributed by atoms with Crippen LogP contribution in [0.25, 0.3) is 0 Å². The first kappa shape index (κ1) is 28.3. The molecule has 0 aliphatic heterocycles. The van der Waals surface area contributed by atoms with Crippen molar-refractivity contribution in [3.8, 4) is 0 Å². The van der Waals surface area contributed by atoms with E-state index < -0.39 is 58.0 Å². The molecule has 0 fully saturated rings. The molecule has 0 saturated carbocycles. The lowest BCUT2D eigenvalue weighted by molar-refractivity contribution is -0.549. The molecule has 180 valence electrons. The highest BCUT2D eigenvalue weighted by Crippen LogP contribution is 2.50. The van der Waals surface area contributed by atoms with E-state index in [1.807, 2.05) is 4.74 Å². The number of hydrogen-bond donors (Lipinski definition) is 1. The largest absolute Gasteiger partial charge is 0.496 e. The minimum Gasteiger partial charge on any atom is -0.396 e. The van der Waals surface area contributed by atoms with Gasteiger partial charge in [-0.15, -0.1) is 0 Å². The maximum Gasteiger partial charge on any atom is 0.496 e. The second kappa shape index (κ2) is 7.78. The molecule has 0 aromatic carbocycles. The summed E-state index contributed by atoms with van der Waals surface area (Å²) in [5, 5.41) is -7.14. The first-order valence-electron chi connectivity index (χ1n) is 5.78. The SMILES string of the molecule is O=S(=O)(O)C(F)(F)C(F)(F)OC(F)(F)C(F)(F)OC(F)(F)C(F)(F)OC(F)=C(F)F. The lowest BCUT2D eigenvalue weighted by atomic mass is 10.5. The van der Waals surface area contributed by atoms with Crippen molar-refractivity contribution >= 4 is 10.1 Å². The molecule has 30 heavy (non-hydrogen) atoms. The fraction of sp³-hybridized carbons (Fsp3) is 0.750. The number of ether oxygens (including phenoxy) is 3. The van der Waals surface area contributed by atoms with E-state index in [4.69, 9.17) is 4.55 Å². The molecule has 0 aromatic rings. The van der Waals surface area contributed by atoms with Crippen LogP contribution >= 0.6 is 0 Å². The van der Waals surface area contributed by atoms with Gasteiger partial charge in [-0.1, -0.05) is 0 Å². The molecule has 0 heterocycles. The highest BCUT2D eigenvalue weighted by molar-refractivity contribution is 7.86. The van der Waals surface area contributed by atoms with Gasteiger partial charge < -0.3 is 4.74 Å². The van der Waals surface area contributed by atoms with Crippen molar-refractivity contribution in [2.45, 2.75) is 35.8 Å². The van der Waals surface area contributed by atoms with E-state index >= 15 is 0 Å². The Morgan fingerprint density at radius 3 is 1.20 bits per heavy atom. The van der Waals surface area contributed by atoms with Crippen molar-refractivity contribution < 1.29 is 93.0 Å². The van der Waals surface area contributed by atoms with Crippen molar-refractivity contribution in [3.05, 3.63) is 12.1 Å². The minimum absolute atomic E-state index is 1.41. The van der Waals surface area contributed by atoms with Gasteiger partial charge in [0.15, 0.2) is 0 Å². The highest BCUT2D eigenvalue weighted by Gasteiger charge is 2.77. The molecule has 0 aliphatic rings. The number of hydrogen-bond acceptors (Lipinski definition) is 5. The van der Waals surface area contributed by atoms with Gasteiger partial charge in [0.05, 0.1) is 0 Å². The van der Waals surface area contributed by atoms with Gasteiger partial charge in [-0.25, -0.2) is 9.47 Å². The van der Waals surface area contributed by atoms with Gasteiger partial charge in [-0.05, 0) is 0 Å². The second-order valence-electron chi connectivity index (χ2n) is 4.42. The summed E-state index contributed by atoms with van der Waals surface area (Å²) in [6.07, 6.45) is -40.6. The molecule has 0 atom stereocenters. The average Bonchev–Trinajstić information content (AvgIpc) is 2.42. The zero-order valence-electron chi connectivity index (χ0n) is 12.6. The Morgan fingerprint density at radius 1 is 0.600 bits per heavy atom. The third-order valence-electron chi connectivity index (χ3n) is 2.22. The predicted molar refractivity (Wildman–Crippen MR) is 54.8 cm³/mol. The molecule has 0 aromatic heterocycles. The minimum atomic E-state index is -7.52. The summed E-state index contributed by atoms with van der Waals surface area (Å²) in [4.78, 5) is 0. The second-order valence-corrected chi connectivity index (χ2v) is 5.88. The molecular formula is C8HF15O6S. The van der Waals surface area contributed by atoms with Gasteiger partial charge in [0.2, 0.25) is 0 Å². The van der Waals surface area contributed by atoms with E-state index in [1.165, 1.54) is 9.47 Å². The first-order valence-corrected chi connectivity index (χ1v) is 7.22. The molecule has 1 N–H and O–H groups in total. The van der Waals surface area contributed by atoms with Gasteiger partial charge in [-0.2, -0.15) is 74.3 Å². The smallest absolute Gasteiger partial charge is 0.396 e. The van der Waals surface area contributed by atoms with Crippen LogP contribution in [0.5, 0.6) is 0 Å². The third kappa shape index (κ3) is 5.51. The van der Waals surface area contributed by atoms with E-state index in [-0.39, 0.29) is 0 Å². The Labute approximate surface area is 152 Å². The average molecular weight is 510 g/mol. The van der Waals surface area contributed by atoms with E-state index in [1.54, 1.807) is 0 Å². The normalized spacial score (nSPS) is 15.2. The molecule has 0 radical (unpaired) electrons. The maximum absolute atomic E-state index is 12.9. The number of alkyl halides is 12. The van der Waals surface area contributed by atoms with Crippen LogP contribution in [-0.2, 0) is 24.3 Å². The van der Waals surface area contributed by atoms with Crippen LogP contribution in [0, 0.1) is 0 Å². The van der Waals surface area contributed by atoms with Crippen molar-refractivity contribution in [2.75, 3.05) is 0 Å². The maximum atomic E-state index is 12.9. The molecule has 6 nitrogen and oxygen atoms in total. The summed E-state index contributed by atoms with van der Waals surface area (Å²) in [6.45, 7) is 0. The molecule has 0 rings (SSSR count). The number of rotatable bonds is 10. The van der Waals surface area contributed by atoms with Crippen LogP contribution in [0.4, 0.5) is 65.9 Å². The summed E-state index contributed by atoms with van der Waals surface area (Å²) >= 11 is 0. The van der Waals surface area contributed by atoms with Crippen LogP contribution < -0.4 is 0 Å². The molecule has 0 saturated heterocycles. The van der Waals surface area contributed by atoms with Gasteiger partial charge in [0, 0.05) is 0 Å². The number of halogens is 15. The zero-order chi connectivity index (χ0) is 24.8. The van der Waals surface area contributed by atoms with Crippen LogP contribution in [0.15, 0.2) is 12.1 Å². The topological polar surface area (TPSA) is 82.1 Å². The van der Waals surface area contributed by atoms with Crippen LogP contribution in [0.2, 0.25) is 0 Å². The summed E-state index contributed by atoms with van der Waals surface area (Å²) in [7, 11) is -7.39. The summed E-state index contributed by atoms with van der Waals surface area (Å²) < 4.78 is 221. The molecule has 0 aliphatic carbocycles. The van der Waals surface area contributed by atoms with Gasteiger partial charge in [-0.3, -0.25) is 4.55 Å². The Balaban J connectivity index is 5.93. The van der Waals surface area contributed by atoms with Crippen LogP contribution in [-0.4, -0.2) is 48.8 Å². The monoisotopic (exact) mass is 510 g/mol. The quantitative estimate of drug-likeness (QED) is 0.265. The Bertz CT molecular complexity index is 770. The van der Waals surface area contributed by atoms with E-state index in [2.05, 4.69) is 0 Å². The van der Waals surface area contributed by atoms with Crippen molar-refractivity contribution in [1.82, 2.24) is 0 Å². The lowest BCUT2D eigenvalue weighted by Gasteiger charge is -2.33. The Hall–Kier alpha value is -1.68. The fourth-order valence-corrected chi connectivity index (χ4v) is 1.26. The third-order valence-corrected chi connectivity index (χ3v) is 3.11. The Kier molecular flexibility index (Phi) is 7.34. The molecule has 0 amide bonds. The van der Waals surface area contributed by atoms with Gasteiger partial charge in [0.1, 0.15) is 0 Å². The molecule has 0 spiro atoms. The molecular weight excluding hydrogens is 509 g/mol. The van der Waals surface area contributed by atoms with Crippen molar-refractivity contribution in [1.29, 1.82) is 0 Å². The van der Waals surface area contributed by atoms with Crippen LogP contribution in [0.1, 0.15) is 0 Å². The van der Waals surface area contributed by atoms with E-state index in [9.17, 15) is 74.3 Å². The lowest BCUT2D eigenvalue weighted by Crippen LogP contribution is -2.59. The standard InChI is InChI=1S/C8HF15O6S/c9-1(10)2(11)27-3(12,13)4(14,15)28-5(16,17)6(18,19)29-7(20,21)8(22,23)30(24,25)26/h(H,24,25,26). The Morgan fingerprint density at radius 2 is 0.900 bits per heavy atom. The summed E-state index contributed by atoms with van der Waals surface area (Å²) in [6, 6.07) is -3.87. The van der Waals surface area contributed by atoms with E-state index in [0.29, 0.717) is 0 Å². The molecule has 22 heteroatoms. The highest BCUT2D eigenvalue weighted by atomic mass is 32.2. The summed E-state index contributed by atoms with van der Waals surface area (Å²) in [5.74, 6) is 0. The zero-order valence-corrected chi connectivity index (χ0v) is 13.4. The first-order chi connectivity index (χ1) is 12.7. The molecule has 0 bridgehead atoms. The van der Waals surface area contributed by atoms with Gasteiger partial charge >= 0.3 is 58.0 Å². The van der Waals surface area contributed by atoms with E-state index in [0.717, 1.165) is 0 Å². The predicted octanol–water partition coefficient (Wildman–Crippen LogP) is 4.52.